The third-order valence-corrected chi connectivity index (χ3v) is 6.26. The van der Waals surface area contributed by atoms with E-state index in [2.05, 4.69) is 17.6 Å². The van der Waals surface area contributed by atoms with Crippen molar-refractivity contribution in [2.45, 2.75) is 44.2 Å². The highest BCUT2D eigenvalue weighted by atomic mass is 35.5. The zero-order chi connectivity index (χ0) is 21.2. The molecule has 1 spiro atoms. The highest BCUT2D eigenvalue weighted by Crippen LogP contribution is 2.36. The van der Waals surface area contributed by atoms with Crippen molar-refractivity contribution in [1.82, 2.24) is 20.4 Å². The summed E-state index contributed by atoms with van der Waals surface area (Å²) in [5.74, 6) is -0.0794. The zero-order valence-electron chi connectivity index (χ0n) is 17.2. The molecule has 0 radical (unpaired) electrons. The Morgan fingerprint density at radius 1 is 1.34 bits per heavy atom. The molecule has 1 aromatic carbocycles. The van der Waals surface area contributed by atoms with Crippen molar-refractivity contribution in [1.29, 1.82) is 0 Å². The van der Waals surface area contributed by atoms with Crippen LogP contribution in [0, 0.1) is 5.92 Å². The first kappa shape index (κ1) is 21.6. The molecule has 1 aliphatic heterocycles. The van der Waals surface area contributed by atoms with Crippen LogP contribution in [0.15, 0.2) is 24.3 Å². The third kappa shape index (κ3) is 4.73. The van der Waals surface area contributed by atoms with Crippen LogP contribution in [0.2, 0.25) is 5.02 Å². The molecule has 1 unspecified atom stereocenters. The molecular weight excluding hydrogens is 392 g/mol. The normalized spacial score (nSPS) is 25.4. The van der Waals surface area contributed by atoms with Gasteiger partial charge in [0.1, 0.15) is 12.1 Å². The summed E-state index contributed by atoms with van der Waals surface area (Å²) in [5, 5.41) is 6.33. The summed E-state index contributed by atoms with van der Waals surface area (Å²) in [4.78, 5) is 40.8. The summed E-state index contributed by atoms with van der Waals surface area (Å²) < 4.78 is 0. The minimum atomic E-state index is -0.823. The van der Waals surface area contributed by atoms with Crippen molar-refractivity contribution in [3.63, 3.8) is 0 Å². The van der Waals surface area contributed by atoms with Crippen LogP contribution in [0.5, 0.6) is 0 Å². The van der Waals surface area contributed by atoms with Crippen molar-refractivity contribution >= 4 is 29.4 Å². The lowest BCUT2D eigenvalue weighted by molar-refractivity contribution is -0.136. The number of hydrogen-bond acceptors (Lipinski definition) is 4. The predicted molar refractivity (Wildman–Crippen MR) is 111 cm³/mol. The van der Waals surface area contributed by atoms with E-state index in [1.807, 2.05) is 37.2 Å². The summed E-state index contributed by atoms with van der Waals surface area (Å²) in [6.07, 6.45) is 3.06. The van der Waals surface area contributed by atoms with E-state index in [1.165, 1.54) is 0 Å². The number of amides is 4. The van der Waals surface area contributed by atoms with Crippen LogP contribution in [0.4, 0.5) is 4.79 Å². The van der Waals surface area contributed by atoms with Crippen molar-refractivity contribution in [3.8, 4) is 0 Å². The molecular formula is C21H29ClN4O3. The summed E-state index contributed by atoms with van der Waals surface area (Å²) in [5.41, 5.74) is 0.157. The first-order valence-electron chi connectivity index (χ1n) is 10.0. The molecule has 1 saturated heterocycles. The fraction of sp³-hybridized carbons (Fsp3) is 0.571. The van der Waals surface area contributed by atoms with E-state index in [0.29, 0.717) is 30.3 Å². The van der Waals surface area contributed by atoms with Gasteiger partial charge in [0, 0.05) is 11.6 Å². The van der Waals surface area contributed by atoms with Crippen LogP contribution in [0.3, 0.4) is 0 Å². The Labute approximate surface area is 176 Å². The Balaban J connectivity index is 1.60. The number of rotatable bonds is 6. The van der Waals surface area contributed by atoms with Crippen LogP contribution in [0.25, 0.3) is 0 Å². The molecule has 1 atom stereocenters. The van der Waals surface area contributed by atoms with Crippen LogP contribution in [0.1, 0.15) is 44.2 Å². The van der Waals surface area contributed by atoms with Crippen LogP contribution >= 0.6 is 11.6 Å². The van der Waals surface area contributed by atoms with E-state index in [-0.39, 0.29) is 24.4 Å². The highest BCUT2D eigenvalue weighted by molar-refractivity contribution is 6.30. The molecule has 158 valence electrons. The van der Waals surface area contributed by atoms with Gasteiger partial charge in [0.25, 0.3) is 5.91 Å². The lowest BCUT2D eigenvalue weighted by Gasteiger charge is -2.33. The zero-order valence-corrected chi connectivity index (χ0v) is 18.0. The minimum Gasteiger partial charge on any atom is -0.353 e. The van der Waals surface area contributed by atoms with Crippen molar-refractivity contribution in [2.75, 3.05) is 27.2 Å². The van der Waals surface area contributed by atoms with Crippen molar-refractivity contribution in [2.24, 2.45) is 5.92 Å². The van der Waals surface area contributed by atoms with Crippen molar-refractivity contribution in [3.05, 3.63) is 34.9 Å². The predicted octanol–water partition coefficient (Wildman–Crippen LogP) is 2.56. The second kappa shape index (κ2) is 8.71. The Bertz CT molecular complexity index is 790. The Morgan fingerprint density at radius 3 is 2.66 bits per heavy atom. The molecule has 1 aliphatic carbocycles. The number of nitrogens with one attached hydrogen (secondary N) is 2. The summed E-state index contributed by atoms with van der Waals surface area (Å²) >= 11 is 6.09. The lowest BCUT2D eigenvalue weighted by atomic mass is 9.77. The number of benzene rings is 1. The smallest absolute Gasteiger partial charge is 0.325 e. The second-order valence-electron chi connectivity index (χ2n) is 8.42. The standard InChI is InChI=1S/C21H29ClN4O3/c1-14-7-9-21(10-8-14)19(28)26(20(29)24-21)13-18(27)23-12-17(25(2)3)15-5-4-6-16(22)11-15/h4-6,11,14,17H,7-10,12-13H2,1-3H3,(H,23,27)(H,24,29). The van der Waals surface area contributed by atoms with Gasteiger partial charge in [0.15, 0.2) is 0 Å². The van der Waals surface area contributed by atoms with Gasteiger partial charge in [-0.2, -0.15) is 0 Å². The van der Waals surface area contributed by atoms with Gasteiger partial charge in [-0.25, -0.2) is 4.79 Å². The molecule has 3 rings (SSSR count). The molecule has 1 heterocycles. The molecule has 0 aromatic heterocycles. The number of likely N-dealkylation sites (N-methyl/N-ethyl adjacent to an activating group) is 1. The molecule has 1 saturated carbocycles. The van der Waals surface area contributed by atoms with Gasteiger partial charge in [0.05, 0.1) is 6.04 Å². The molecule has 1 aromatic rings. The topological polar surface area (TPSA) is 81.8 Å². The molecule has 2 aliphatic rings. The van der Waals surface area contributed by atoms with E-state index in [9.17, 15) is 14.4 Å². The number of hydrogen-bond donors (Lipinski definition) is 2. The van der Waals surface area contributed by atoms with Gasteiger partial charge in [-0.05, 0) is 63.4 Å². The monoisotopic (exact) mass is 420 g/mol. The number of imide groups is 1. The number of urea groups is 1. The SMILES string of the molecule is CC1CCC2(CC1)NC(=O)N(CC(=O)NCC(c1cccc(Cl)c1)N(C)C)C2=O. The van der Waals surface area contributed by atoms with Crippen LogP contribution in [-0.2, 0) is 9.59 Å². The van der Waals surface area contributed by atoms with E-state index >= 15 is 0 Å². The maximum Gasteiger partial charge on any atom is 0.325 e. The molecule has 29 heavy (non-hydrogen) atoms. The van der Waals surface area contributed by atoms with E-state index < -0.39 is 11.6 Å². The minimum absolute atomic E-state index is 0.0769. The molecule has 7 nitrogen and oxygen atoms in total. The summed E-state index contributed by atoms with van der Waals surface area (Å²) in [6, 6.07) is 6.94. The maximum absolute atomic E-state index is 12.9. The number of carbonyl (C=O) groups is 3. The van der Waals surface area contributed by atoms with Crippen molar-refractivity contribution < 1.29 is 14.4 Å². The van der Waals surface area contributed by atoms with Gasteiger partial charge >= 0.3 is 6.03 Å². The second-order valence-corrected chi connectivity index (χ2v) is 8.86. The van der Waals surface area contributed by atoms with Gasteiger partial charge in [-0.3, -0.25) is 14.5 Å². The quantitative estimate of drug-likeness (QED) is 0.693. The summed E-state index contributed by atoms with van der Waals surface area (Å²) in [6.45, 7) is 2.23. The third-order valence-electron chi connectivity index (χ3n) is 6.02. The number of carbonyl (C=O) groups excluding carboxylic acids is 3. The van der Waals surface area contributed by atoms with E-state index in [4.69, 9.17) is 11.6 Å². The average Bonchev–Trinajstić information content (AvgIpc) is 2.88. The van der Waals surface area contributed by atoms with Crippen LogP contribution in [-0.4, -0.2) is 60.4 Å². The van der Waals surface area contributed by atoms with E-state index in [0.717, 1.165) is 23.3 Å². The van der Waals surface area contributed by atoms with Gasteiger partial charge in [-0.15, -0.1) is 0 Å². The molecule has 4 amide bonds. The van der Waals surface area contributed by atoms with Gasteiger partial charge < -0.3 is 15.5 Å². The average molecular weight is 421 g/mol. The summed E-state index contributed by atoms with van der Waals surface area (Å²) in [7, 11) is 3.84. The van der Waals surface area contributed by atoms with Gasteiger partial charge in [0.2, 0.25) is 5.91 Å². The first-order chi connectivity index (χ1) is 13.7. The molecule has 8 heteroatoms. The maximum atomic E-state index is 12.9. The number of halogens is 1. The fourth-order valence-corrected chi connectivity index (χ4v) is 4.33. The molecule has 2 N–H and O–H groups in total. The van der Waals surface area contributed by atoms with Crippen LogP contribution < -0.4 is 10.6 Å². The lowest BCUT2D eigenvalue weighted by Crippen LogP contribution is -2.50. The largest absolute Gasteiger partial charge is 0.353 e. The Kier molecular flexibility index (Phi) is 6.49. The van der Waals surface area contributed by atoms with Gasteiger partial charge in [-0.1, -0.05) is 30.7 Å². The highest BCUT2D eigenvalue weighted by Gasteiger charge is 2.52. The molecule has 2 fully saturated rings. The first-order valence-corrected chi connectivity index (χ1v) is 10.4. The fourth-order valence-electron chi connectivity index (χ4n) is 4.14. The number of nitrogens with zero attached hydrogens (tertiary/aromatic N) is 2. The molecule has 0 bridgehead atoms. The van der Waals surface area contributed by atoms with E-state index in [1.54, 1.807) is 6.07 Å². The Hall–Kier alpha value is -2.12. The Morgan fingerprint density at radius 2 is 2.03 bits per heavy atom.